The fourth-order valence-corrected chi connectivity index (χ4v) is 2.93. The zero-order chi connectivity index (χ0) is 16.8. The van der Waals surface area contributed by atoms with Crippen LogP contribution in [0, 0.1) is 0 Å². The molecule has 1 atom stereocenters. The summed E-state index contributed by atoms with van der Waals surface area (Å²) < 4.78 is 0. The van der Waals surface area contributed by atoms with Gasteiger partial charge in [0.05, 0.1) is 23.8 Å². The van der Waals surface area contributed by atoms with Gasteiger partial charge in [-0.25, -0.2) is 0 Å². The van der Waals surface area contributed by atoms with Crippen LogP contribution < -0.4 is 5.32 Å². The maximum absolute atomic E-state index is 12.3. The van der Waals surface area contributed by atoms with Crippen LogP contribution in [-0.4, -0.2) is 54.3 Å². The first-order valence-electron chi connectivity index (χ1n) is 7.99. The molecule has 1 aliphatic rings. The second kappa shape index (κ2) is 8.31. The molecule has 0 unspecified atom stereocenters. The normalized spacial score (nSPS) is 18.5. The number of rotatable bonds is 5. The van der Waals surface area contributed by atoms with Gasteiger partial charge in [-0.2, -0.15) is 0 Å². The summed E-state index contributed by atoms with van der Waals surface area (Å²) in [5.41, 5.74) is 0.560. The van der Waals surface area contributed by atoms with Gasteiger partial charge < -0.3 is 10.2 Å². The number of carbonyl (C=O) groups is 2. The molecular weight excluding hydrogens is 314 g/mol. The number of anilines is 1. The largest absolute Gasteiger partial charge is 0.335 e. The minimum absolute atomic E-state index is 0.0201. The molecule has 0 spiro atoms. The number of piperidine rings is 1. The third kappa shape index (κ3) is 5.22. The number of halogens is 1. The Balaban J connectivity index is 1.83. The molecule has 2 amide bonds. The monoisotopic (exact) mass is 337 g/mol. The Morgan fingerprint density at radius 2 is 2.09 bits per heavy atom. The van der Waals surface area contributed by atoms with Crippen molar-refractivity contribution in [1.82, 2.24) is 9.80 Å². The highest BCUT2D eigenvalue weighted by molar-refractivity contribution is 6.33. The van der Waals surface area contributed by atoms with E-state index in [1.165, 1.54) is 11.3 Å². The van der Waals surface area contributed by atoms with Gasteiger partial charge in [0.2, 0.25) is 11.8 Å². The summed E-state index contributed by atoms with van der Waals surface area (Å²) in [4.78, 5) is 28.0. The molecule has 0 aliphatic carbocycles. The third-order valence-corrected chi connectivity index (χ3v) is 4.56. The van der Waals surface area contributed by atoms with Crippen LogP contribution in [0.1, 0.15) is 26.2 Å². The molecule has 126 valence electrons. The summed E-state index contributed by atoms with van der Waals surface area (Å²) in [7, 11) is 1.66. The topological polar surface area (TPSA) is 52.7 Å². The summed E-state index contributed by atoms with van der Waals surface area (Å²) in [5, 5.41) is 3.21. The first kappa shape index (κ1) is 17.8. The first-order valence-corrected chi connectivity index (χ1v) is 8.37. The number of hydrogen-bond donors (Lipinski definition) is 1. The molecule has 1 aromatic carbocycles. The quantitative estimate of drug-likeness (QED) is 0.898. The number of nitrogens with one attached hydrogen (secondary N) is 1. The van der Waals surface area contributed by atoms with Crippen LogP contribution in [0.4, 0.5) is 5.69 Å². The molecule has 0 bridgehead atoms. The van der Waals surface area contributed by atoms with Crippen LogP contribution >= 0.6 is 11.6 Å². The van der Waals surface area contributed by atoms with Crippen molar-refractivity contribution >= 4 is 29.1 Å². The Morgan fingerprint density at radius 3 is 2.78 bits per heavy atom. The van der Waals surface area contributed by atoms with E-state index in [0.717, 1.165) is 19.4 Å². The standard InChI is InChI=1S/C17H24ClN3O2/c1-13-7-5-6-10-21(13)12-17(23)20(2)11-16(22)19-15-9-4-3-8-14(15)18/h3-4,8-9,13H,5-7,10-12H2,1-2H3,(H,19,22)/t13-/m1/s1. The van der Waals surface area contributed by atoms with Gasteiger partial charge in [-0.1, -0.05) is 30.2 Å². The average Bonchev–Trinajstić information content (AvgIpc) is 2.51. The molecule has 1 aromatic rings. The molecule has 0 radical (unpaired) electrons. The smallest absolute Gasteiger partial charge is 0.244 e. The summed E-state index contributed by atoms with van der Waals surface area (Å²) in [6.07, 6.45) is 3.49. The van der Waals surface area contributed by atoms with Gasteiger partial charge in [-0.15, -0.1) is 0 Å². The highest BCUT2D eigenvalue weighted by atomic mass is 35.5. The van der Waals surface area contributed by atoms with Crippen LogP contribution in [0.15, 0.2) is 24.3 Å². The zero-order valence-electron chi connectivity index (χ0n) is 13.7. The van der Waals surface area contributed by atoms with E-state index in [2.05, 4.69) is 17.1 Å². The van der Waals surface area contributed by atoms with Gasteiger partial charge in [-0.05, 0) is 38.4 Å². The van der Waals surface area contributed by atoms with E-state index < -0.39 is 0 Å². The number of likely N-dealkylation sites (N-methyl/N-ethyl adjacent to an activating group) is 1. The van der Waals surface area contributed by atoms with Gasteiger partial charge in [-0.3, -0.25) is 14.5 Å². The van der Waals surface area contributed by atoms with E-state index in [-0.39, 0.29) is 18.4 Å². The van der Waals surface area contributed by atoms with Crippen molar-refractivity contribution in [2.24, 2.45) is 0 Å². The summed E-state index contributed by atoms with van der Waals surface area (Å²) in [6.45, 7) is 3.49. The molecule has 6 heteroatoms. The first-order chi connectivity index (χ1) is 11.0. The number of hydrogen-bond acceptors (Lipinski definition) is 3. The molecular formula is C17H24ClN3O2. The van der Waals surface area contributed by atoms with Crippen molar-refractivity contribution in [3.63, 3.8) is 0 Å². The van der Waals surface area contributed by atoms with Crippen LogP contribution in [0.2, 0.25) is 5.02 Å². The number of para-hydroxylation sites is 1. The molecule has 1 heterocycles. The Kier molecular flexibility index (Phi) is 6.42. The maximum atomic E-state index is 12.3. The third-order valence-electron chi connectivity index (χ3n) is 4.23. The van der Waals surface area contributed by atoms with E-state index in [0.29, 0.717) is 23.3 Å². The second-order valence-corrected chi connectivity index (χ2v) is 6.50. The van der Waals surface area contributed by atoms with Crippen LogP contribution in [0.5, 0.6) is 0 Å². The van der Waals surface area contributed by atoms with Crippen LogP contribution in [0.3, 0.4) is 0 Å². The molecule has 5 nitrogen and oxygen atoms in total. The van der Waals surface area contributed by atoms with Crippen molar-refractivity contribution in [2.75, 3.05) is 32.0 Å². The van der Waals surface area contributed by atoms with Crippen molar-refractivity contribution in [1.29, 1.82) is 0 Å². The van der Waals surface area contributed by atoms with Crippen molar-refractivity contribution < 1.29 is 9.59 Å². The van der Waals surface area contributed by atoms with E-state index in [1.54, 1.807) is 31.3 Å². The number of benzene rings is 1. The Labute approximate surface area is 142 Å². The summed E-state index contributed by atoms with van der Waals surface area (Å²) >= 11 is 6.01. The minimum atomic E-state index is -0.249. The second-order valence-electron chi connectivity index (χ2n) is 6.09. The fourth-order valence-electron chi connectivity index (χ4n) is 2.74. The lowest BCUT2D eigenvalue weighted by Crippen LogP contribution is -2.46. The van der Waals surface area contributed by atoms with Crippen molar-refractivity contribution in [3.8, 4) is 0 Å². The Bertz CT molecular complexity index is 565. The highest BCUT2D eigenvalue weighted by Crippen LogP contribution is 2.20. The van der Waals surface area contributed by atoms with Gasteiger partial charge in [0.1, 0.15) is 0 Å². The lowest BCUT2D eigenvalue weighted by Gasteiger charge is -2.33. The van der Waals surface area contributed by atoms with E-state index in [1.807, 2.05) is 0 Å². The summed E-state index contributed by atoms with van der Waals surface area (Å²) in [6, 6.07) is 7.47. The molecule has 2 rings (SSSR count). The van der Waals surface area contributed by atoms with Gasteiger partial charge in [0.25, 0.3) is 0 Å². The van der Waals surface area contributed by atoms with Gasteiger partial charge >= 0.3 is 0 Å². The number of amides is 2. The molecule has 1 N–H and O–H groups in total. The van der Waals surface area contributed by atoms with Crippen molar-refractivity contribution in [2.45, 2.75) is 32.2 Å². The van der Waals surface area contributed by atoms with Crippen LogP contribution in [-0.2, 0) is 9.59 Å². The fraction of sp³-hybridized carbons (Fsp3) is 0.529. The number of carbonyl (C=O) groups excluding carboxylic acids is 2. The molecule has 1 aliphatic heterocycles. The van der Waals surface area contributed by atoms with Crippen LogP contribution in [0.25, 0.3) is 0 Å². The maximum Gasteiger partial charge on any atom is 0.244 e. The number of nitrogens with zero attached hydrogens (tertiary/aromatic N) is 2. The Hall–Kier alpha value is -1.59. The van der Waals surface area contributed by atoms with E-state index >= 15 is 0 Å². The minimum Gasteiger partial charge on any atom is -0.335 e. The van der Waals surface area contributed by atoms with E-state index in [9.17, 15) is 9.59 Å². The lowest BCUT2D eigenvalue weighted by atomic mass is 10.0. The molecule has 23 heavy (non-hydrogen) atoms. The van der Waals surface area contributed by atoms with Gasteiger partial charge in [0.15, 0.2) is 0 Å². The molecule has 1 saturated heterocycles. The molecule has 0 saturated carbocycles. The molecule has 1 fully saturated rings. The number of likely N-dealkylation sites (tertiary alicyclic amines) is 1. The highest BCUT2D eigenvalue weighted by Gasteiger charge is 2.22. The SMILES string of the molecule is C[C@@H]1CCCCN1CC(=O)N(C)CC(=O)Nc1ccccc1Cl. The lowest BCUT2D eigenvalue weighted by molar-refractivity contribution is -0.135. The summed E-state index contributed by atoms with van der Waals surface area (Å²) in [5.74, 6) is -0.284. The van der Waals surface area contributed by atoms with Gasteiger partial charge in [0, 0.05) is 13.1 Å². The average molecular weight is 338 g/mol. The molecule has 0 aromatic heterocycles. The predicted octanol–water partition coefficient (Wildman–Crippen LogP) is 2.61. The Morgan fingerprint density at radius 1 is 1.35 bits per heavy atom. The van der Waals surface area contributed by atoms with Crippen molar-refractivity contribution in [3.05, 3.63) is 29.3 Å². The van der Waals surface area contributed by atoms with E-state index in [4.69, 9.17) is 11.6 Å². The zero-order valence-corrected chi connectivity index (χ0v) is 14.5. The predicted molar refractivity (Wildman–Crippen MR) is 92.6 cm³/mol.